The van der Waals surface area contributed by atoms with Crippen LogP contribution in [0.4, 0.5) is 0 Å². The van der Waals surface area contributed by atoms with Crippen molar-refractivity contribution < 1.29 is 13.2 Å². The highest BCUT2D eigenvalue weighted by atomic mass is 32.2. The molecule has 0 bridgehead atoms. The minimum absolute atomic E-state index is 0.0596. The maximum atomic E-state index is 12.8. The molecule has 0 amide bonds. The SMILES string of the molecule is Cc1nc(S(=O)(=O)Cc2nccn2C)n(CC2CCCO2)c1C. The van der Waals surface area contributed by atoms with Crippen molar-refractivity contribution in [2.75, 3.05) is 6.61 Å². The molecule has 0 N–H and O–H groups in total. The first kappa shape index (κ1) is 16.2. The van der Waals surface area contributed by atoms with Gasteiger partial charge in [-0.2, -0.15) is 0 Å². The van der Waals surface area contributed by atoms with Crippen LogP contribution in [0.15, 0.2) is 17.6 Å². The predicted molar refractivity (Wildman–Crippen MR) is 84.8 cm³/mol. The van der Waals surface area contributed by atoms with Crippen LogP contribution >= 0.6 is 0 Å². The van der Waals surface area contributed by atoms with Gasteiger partial charge in [0.05, 0.1) is 18.3 Å². The lowest BCUT2D eigenvalue weighted by Crippen LogP contribution is -2.21. The number of aromatic nitrogens is 4. The van der Waals surface area contributed by atoms with Crippen LogP contribution in [0.25, 0.3) is 0 Å². The van der Waals surface area contributed by atoms with Crippen molar-refractivity contribution in [3.05, 3.63) is 29.6 Å². The second-order valence-electron chi connectivity index (χ2n) is 6.02. The van der Waals surface area contributed by atoms with Crippen molar-refractivity contribution in [2.45, 2.75) is 50.2 Å². The Labute approximate surface area is 136 Å². The van der Waals surface area contributed by atoms with Gasteiger partial charge in [-0.25, -0.2) is 18.4 Å². The maximum absolute atomic E-state index is 12.8. The molecule has 7 nitrogen and oxygen atoms in total. The third kappa shape index (κ3) is 3.18. The van der Waals surface area contributed by atoms with Crippen LogP contribution in [0.2, 0.25) is 0 Å². The summed E-state index contributed by atoms with van der Waals surface area (Å²) in [6.45, 7) is 5.01. The van der Waals surface area contributed by atoms with Crippen LogP contribution in [0.5, 0.6) is 0 Å². The summed E-state index contributed by atoms with van der Waals surface area (Å²) >= 11 is 0. The third-order valence-electron chi connectivity index (χ3n) is 4.35. The molecule has 126 valence electrons. The van der Waals surface area contributed by atoms with Crippen LogP contribution in [0, 0.1) is 13.8 Å². The van der Waals surface area contributed by atoms with Gasteiger partial charge in [0.1, 0.15) is 11.6 Å². The molecule has 0 radical (unpaired) electrons. The van der Waals surface area contributed by atoms with Crippen molar-refractivity contribution >= 4 is 9.84 Å². The van der Waals surface area contributed by atoms with E-state index >= 15 is 0 Å². The van der Waals surface area contributed by atoms with E-state index in [1.165, 1.54) is 0 Å². The molecule has 1 unspecified atom stereocenters. The molecule has 0 spiro atoms. The Morgan fingerprint density at radius 1 is 1.39 bits per heavy atom. The summed E-state index contributed by atoms with van der Waals surface area (Å²) in [6, 6.07) is 0. The Kier molecular flexibility index (Phi) is 4.29. The zero-order chi connectivity index (χ0) is 16.6. The highest BCUT2D eigenvalue weighted by Gasteiger charge is 2.28. The topological polar surface area (TPSA) is 79.0 Å². The summed E-state index contributed by atoms with van der Waals surface area (Å²) in [5, 5.41) is 0.117. The van der Waals surface area contributed by atoms with Crippen LogP contribution in [0.3, 0.4) is 0 Å². The average molecular weight is 338 g/mol. The molecule has 0 aliphatic carbocycles. The molecule has 2 aromatic rings. The Bertz CT molecular complexity index is 801. The molecule has 8 heteroatoms. The van der Waals surface area contributed by atoms with E-state index in [4.69, 9.17) is 4.74 Å². The summed E-state index contributed by atoms with van der Waals surface area (Å²) < 4.78 is 34.8. The third-order valence-corrected chi connectivity index (χ3v) is 5.86. The molecule has 1 atom stereocenters. The Morgan fingerprint density at radius 2 is 2.17 bits per heavy atom. The fraction of sp³-hybridized carbons (Fsp3) is 0.600. The smallest absolute Gasteiger partial charge is 0.228 e. The molecule has 2 aromatic heterocycles. The molecule has 0 aromatic carbocycles. The van der Waals surface area contributed by atoms with E-state index in [1.807, 2.05) is 13.8 Å². The molecule has 3 rings (SSSR count). The minimum atomic E-state index is -3.57. The van der Waals surface area contributed by atoms with Gasteiger partial charge >= 0.3 is 0 Å². The van der Waals surface area contributed by atoms with Crippen molar-refractivity contribution in [1.82, 2.24) is 19.1 Å². The molecule has 1 aliphatic rings. The number of imidazole rings is 2. The number of nitrogens with zero attached hydrogens (tertiary/aromatic N) is 4. The monoisotopic (exact) mass is 338 g/mol. The van der Waals surface area contributed by atoms with E-state index in [-0.39, 0.29) is 17.0 Å². The van der Waals surface area contributed by atoms with Crippen LogP contribution in [0.1, 0.15) is 30.1 Å². The van der Waals surface area contributed by atoms with E-state index in [1.54, 1.807) is 28.6 Å². The quantitative estimate of drug-likeness (QED) is 0.823. The lowest BCUT2D eigenvalue weighted by Gasteiger charge is -2.15. The van der Waals surface area contributed by atoms with Gasteiger partial charge in [-0.1, -0.05) is 0 Å². The molecule has 23 heavy (non-hydrogen) atoms. The van der Waals surface area contributed by atoms with Crippen molar-refractivity contribution in [1.29, 1.82) is 0 Å². The van der Waals surface area contributed by atoms with Gasteiger partial charge in [0.25, 0.3) is 0 Å². The summed E-state index contributed by atoms with van der Waals surface area (Å²) in [5.74, 6) is 0.352. The van der Waals surface area contributed by atoms with Gasteiger partial charge in [-0.05, 0) is 26.7 Å². The standard InChI is InChI=1S/C15H22N4O3S/c1-11-12(2)19(9-13-5-4-8-22-13)15(17-11)23(20,21)10-14-16-6-7-18(14)3/h6-7,13H,4-5,8-10H2,1-3H3. The zero-order valence-corrected chi connectivity index (χ0v) is 14.5. The van der Waals surface area contributed by atoms with Crippen molar-refractivity contribution in [3.8, 4) is 0 Å². The maximum Gasteiger partial charge on any atom is 0.228 e. The highest BCUT2D eigenvalue weighted by Crippen LogP contribution is 2.22. The molecular weight excluding hydrogens is 316 g/mol. The first-order chi connectivity index (χ1) is 10.9. The van der Waals surface area contributed by atoms with E-state index < -0.39 is 9.84 Å². The fourth-order valence-corrected chi connectivity index (χ4v) is 4.41. The van der Waals surface area contributed by atoms with Gasteiger partial charge in [0.15, 0.2) is 0 Å². The number of hydrogen-bond acceptors (Lipinski definition) is 5. The number of rotatable bonds is 5. The highest BCUT2D eigenvalue weighted by molar-refractivity contribution is 7.90. The number of hydrogen-bond donors (Lipinski definition) is 0. The summed E-state index contributed by atoms with van der Waals surface area (Å²) in [6.07, 6.45) is 5.37. The summed E-state index contributed by atoms with van der Waals surface area (Å²) in [5.41, 5.74) is 1.61. The molecule has 0 saturated carbocycles. The van der Waals surface area contributed by atoms with Crippen molar-refractivity contribution in [2.24, 2.45) is 7.05 Å². The van der Waals surface area contributed by atoms with Crippen molar-refractivity contribution in [3.63, 3.8) is 0 Å². The minimum Gasteiger partial charge on any atom is -0.376 e. The van der Waals surface area contributed by atoms with E-state index in [0.717, 1.165) is 30.8 Å². The summed E-state index contributed by atoms with van der Waals surface area (Å²) in [7, 11) is -1.78. The molecular formula is C15H22N4O3S. The largest absolute Gasteiger partial charge is 0.376 e. The normalized spacial score (nSPS) is 18.7. The Morgan fingerprint density at radius 3 is 2.78 bits per heavy atom. The zero-order valence-electron chi connectivity index (χ0n) is 13.7. The van der Waals surface area contributed by atoms with Crippen LogP contribution < -0.4 is 0 Å². The first-order valence-corrected chi connectivity index (χ1v) is 9.38. The predicted octanol–water partition coefficient (Wildman–Crippen LogP) is 1.39. The lowest BCUT2D eigenvalue weighted by molar-refractivity contribution is 0.0943. The molecule has 1 fully saturated rings. The van der Waals surface area contributed by atoms with Gasteiger partial charge < -0.3 is 13.9 Å². The van der Waals surface area contributed by atoms with Crippen LogP contribution in [-0.4, -0.2) is 40.2 Å². The Hall–Kier alpha value is -1.67. The molecule has 3 heterocycles. The van der Waals surface area contributed by atoms with Gasteiger partial charge in [0, 0.05) is 31.7 Å². The van der Waals surface area contributed by atoms with E-state index in [9.17, 15) is 8.42 Å². The fourth-order valence-electron chi connectivity index (χ4n) is 2.84. The lowest BCUT2D eigenvalue weighted by atomic mass is 10.2. The summed E-state index contributed by atoms with van der Waals surface area (Å²) in [4.78, 5) is 8.43. The van der Waals surface area contributed by atoms with E-state index in [0.29, 0.717) is 12.4 Å². The molecule has 1 saturated heterocycles. The number of ether oxygens (including phenoxy) is 1. The number of sulfone groups is 1. The van der Waals surface area contributed by atoms with Gasteiger partial charge in [-0.3, -0.25) is 0 Å². The van der Waals surface area contributed by atoms with Gasteiger partial charge in [-0.15, -0.1) is 0 Å². The average Bonchev–Trinajstić information content (AvgIpc) is 3.19. The number of aryl methyl sites for hydroxylation is 2. The molecule has 1 aliphatic heterocycles. The Balaban J connectivity index is 1.94. The van der Waals surface area contributed by atoms with Crippen LogP contribution in [-0.2, 0) is 33.9 Å². The van der Waals surface area contributed by atoms with E-state index in [2.05, 4.69) is 9.97 Å². The second kappa shape index (κ2) is 6.09. The second-order valence-corrected chi connectivity index (χ2v) is 7.91. The van der Waals surface area contributed by atoms with Gasteiger partial charge in [0.2, 0.25) is 15.0 Å². The first-order valence-electron chi connectivity index (χ1n) is 7.73.